The number of anilines is 2. The van der Waals surface area contributed by atoms with Crippen LogP contribution in [-0.2, 0) is 4.79 Å². The number of benzene rings is 1. The molecule has 0 aromatic heterocycles. The van der Waals surface area contributed by atoms with Gasteiger partial charge in [0.1, 0.15) is 0 Å². The molecule has 2 rings (SSSR count). The molecule has 1 amide bonds. The lowest BCUT2D eigenvalue weighted by Gasteiger charge is -2.45. The lowest BCUT2D eigenvalue weighted by Crippen LogP contribution is -2.58. The Morgan fingerprint density at radius 3 is 2.58 bits per heavy atom. The third kappa shape index (κ3) is 2.98. The number of rotatable bonds is 3. The number of para-hydroxylation sites is 2. The topological polar surface area (TPSA) is 75.6 Å². The highest BCUT2D eigenvalue weighted by atomic mass is 16.1. The molecule has 4 N–H and O–H groups in total. The Morgan fingerprint density at radius 1 is 1.26 bits per heavy atom. The van der Waals surface area contributed by atoms with Crippen LogP contribution in [0.2, 0.25) is 0 Å². The summed E-state index contributed by atoms with van der Waals surface area (Å²) in [5, 5.41) is 0. The van der Waals surface area contributed by atoms with Crippen molar-refractivity contribution >= 4 is 17.3 Å². The largest absolute Gasteiger partial charge is 0.397 e. The summed E-state index contributed by atoms with van der Waals surface area (Å²) >= 11 is 0. The second kappa shape index (κ2) is 5.48. The highest BCUT2D eigenvalue weighted by Gasteiger charge is 2.30. The minimum absolute atomic E-state index is 0.272. The van der Waals surface area contributed by atoms with E-state index in [1.807, 2.05) is 24.3 Å². The molecule has 5 heteroatoms. The van der Waals surface area contributed by atoms with Crippen LogP contribution in [-0.4, -0.2) is 42.5 Å². The van der Waals surface area contributed by atoms with Gasteiger partial charge in [-0.25, -0.2) is 0 Å². The number of carbonyl (C=O) groups excluding carboxylic acids is 1. The molecule has 1 fully saturated rings. The van der Waals surface area contributed by atoms with Gasteiger partial charge in [-0.15, -0.1) is 0 Å². The summed E-state index contributed by atoms with van der Waals surface area (Å²) in [6, 6.07) is 8.49. The summed E-state index contributed by atoms with van der Waals surface area (Å²) in [5.41, 5.74) is 13.2. The van der Waals surface area contributed by atoms with Gasteiger partial charge in [-0.3, -0.25) is 9.69 Å². The fourth-order valence-electron chi connectivity index (χ4n) is 2.70. The molecule has 5 nitrogen and oxygen atoms in total. The Balaban J connectivity index is 2.14. The molecule has 19 heavy (non-hydrogen) atoms. The van der Waals surface area contributed by atoms with Crippen molar-refractivity contribution in [2.75, 3.05) is 30.3 Å². The van der Waals surface area contributed by atoms with Crippen LogP contribution in [0.4, 0.5) is 11.4 Å². The number of hydrogen-bond donors (Lipinski definition) is 2. The van der Waals surface area contributed by atoms with Gasteiger partial charge in [0.05, 0.1) is 17.9 Å². The van der Waals surface area contributed by atoms with Crippen LogP contribution in [0.1, 0.15) is 13.8 Å². The predicted octanol–water partition coefficient (Wildman–Crippen LogP) is 0.653. The second-order valence-corrected chi connectivity index (χ2v) is 5.30. The van der Waals surface area contributed by atoms with Crippen molar-refractivity contribution in [2.45, 2.75) is 25.9 Å². The van der Waals surface area contributed by atoms with Gasteiger partial charge in [0.15, 0.2) is 0 Å². The maximum atomic E-state index is 11.1. The van der Waals surface area contributed by atoms with Crippen LogP contribution in [0.5, 0.6) is 0 Å². The highest BCUT2D eigenvalue weighted by Crippen LogP contribution is 2.28. The van der Waals surface area contributed by atoms with Gasteiger partial charge in [-0.1, -0.05) is 12.1 Å². The fraction of sp³-hybridized carbons (Fsp3) is 0.500. The third-order valence-electron chi connectivity index (χ3n) is 3.72. The van der Waals surface area contributed by atoms with E-state index in [4.69, 9.17) is 11.5 Å². The molecule has 1 aliphatic rings. The zero-order valence-corrected chi connectivity index (χ0v) is 11.5. The average molecular weight is 262 g/mol. The molecule has 104 valence electrons. The number of primary amides is 1. The smallest absolute Gasteiger partial charge is 0.231 e. The van der Waals surface area contributed by atoms with Crippen LogP contribution in [0.15, 0.2) is 24.3 Å². The maximum Gasteiger partial charge on any atom is 0.231 e. The first-order valence-electron chi connectivity index (χ1n) is 6.62. The van der Waals surface area contributed by atoms with E-state index in [1.54, 1.807) is 0 Å². The SMILES string of the molecule is C[C@@H]1CN(CC(N)=O)[C@@H](C)CN1c1ccccc1N. The predicted molar refractivity (Wildman–Crippen MR) is 77.9 cm³/mol. The molecule has 1 heterocycles. The zero-order valence-electron chi connectivity index (χ0n) is 11.5. The van der Waals surface area contributed by atoms with Gasteiger partial charge in [0.2, 0.25) is 5.91 Å². The third-order valence-corrected chi connectivity index (χ3v) is 3.72. The monoisotopic (exact) mass is 262 g/mol. The van der Waals surface area contributed by atoms with E-state index in [0.717, 1.165) is 24.5 Å². The molecule has 1 saturated heterocycles. The van der Waals surface area contributed by atoms with Crippen LogP contribution in [0, 0.1) is 0 Å². The van der Waals surface area contributed by atoms with Crippen molar-refractivity contribution in [1.82, 2.24) is 4.90 Å². The van der Waals surface area contributed by atoms with E-state index in [9.17, 15) is 4.79 Å². The molecule has 0 radical (unpaired) electrons. The number of carbonyl (C=O) groups is 1. The minimum Gasteiger partial charge on any atom is -0.397 e. The quantitative estimate of drug-likeness (QED) is 0.784. The van der Waals surface area contributed by atoms with E-state index in [0.29, 0.717) is 12.6 Å². The molecule has 0 bridgehead atoms. The zero-order chi connectivity index (χ0) is 14.0. The summed E-state index contributed by atoms with van der Waals surface area (Å²) in [4.78, 5) is 15.5. The summed E-state index contributed by atoms with van der Waals surface area (Å²) < 4.78 is 0. The number of hydrogen-bond acceptors (Lipinski definition) is 4. The number of nitrogen functional groups attached to an aromatic ring is 1. The standard InChI is InChI=1S/C14H22N4O/c1-10-8-18(13-6-4-3-5-12(13)15)11(2)7-17(10)9-14(16)19/h3-6,10-11H,7-9,15H2,1-2H3,(H2,16,19)/t10-,11+/m0/s1. The molecular weight excluding hydrogens is 240 g/mol. The molecule has 1 aliphatic heterocycles. The highest BCUT2D eigenvalue weighted by molar-refractivity contribution is 5.76. The van der Waals surface area contributed by atoms with Gasteiger partial charge in [0.25, 0.3) is 0 Å². The van der Waals surface area contributed by atoms with E-state index in [-0.39, 0.29) is 11.9 Å². The first kappa shape index (κ1) is 13.7. The van der Waals surface area contributed by atoms with Crippen molar-refractivity contribution in [3.8, 4) is 0 Å². The first-order valence-corrected chi connectivity index (χ1v) is 6.62. The van der Waals surface area contributed by atoms with Crippen molar-refractivity contribution in [3.05, 3.63) is 24.3 Å². The van der Waals surface area contributed by atoms with E-state index < -0.39 is 0 Å². The number of nitrogens with zero attached hydrogens (tertiary/aromatic N) is 2. The number of nitrogens with two attached hydrogens (primary N) is 2. The van der Waals surface area contributed by atoms with Crippen LogP contribution in [0.25, 0.3) is 0 Å². The Morgan fingerprint density at radius 2 is 1.95 bits per heavy atom. The number of piperazine rings is 1. The first-order chi connectivity index (χ1) is 8.99. The number of amides is 1. The van der Waals surface area contributed by atoms with Gasteiger partial charge in [-0.05, 0) is 26.0 Å². The van der Waals surface area contributed by atoms with E-state index >= 15 is 0 Å². The van der Waals surface area contributed by atoms with Gasteiger partial charge in [0, 0.05) is 25.2 Å². The Bertz CT molecular complexity index is 463. The Labute approximate surface area is 114 Å². The summed E-state index contributed by atoms with van der Waals surface area (Å²) in [6.45, 7) is 6.25. The van der Waals surface area contributed by atoms with Gasteiger partial charge >= 0.3 is 0 Å². The van der Waals surface area contributed by atoms with Crippen LogP contribution >= 0.6 is 0 Å². The lowest BCUT2D eigenvalue weighted by atomic mass is 10.1. The lowest BCUT2D eigenvalue weighted by molar-refractivity contribution is -0.119. The van der Waals surface area contributed by atoms with Gasteiger partial charge in [-0.2, -0.15) is 0 Å². The summed E-state index contributed by atoms with van der Waals surface area (Å²) in [7, 11) is 0. The second-order valence-electron chi connectivity index (χ2n) is 5.30. The molecule has 0 aliphatic carbocycles. The maximum absolute atomic E-state index is 11.1. The normalized spacial score (nSPS) is 24.4. The molecule has 2 atom stereocenters. The molecule has 1 aromatic carbocycles. The van der Waals surface area contributed by atoms with E-state index in [2.05, 4.69) is 23.6 Å². The van der Waals surface area contributed by atoms with Crippen molar-refractivity contribution < 1.29 is 4.79 Å². The molecule has 0 unspecified atom stereocenters. The van der Waals surface area contributed by atoms with Crippen LogP contribution < -0.4 is 16.4 Å². The van der Waals surface area contributed by atoms with Crippen LogP contribution in [0.3, 0.4) is 0 Å². The molecule has 0 spiro atoms. The van der Waals surface area contributed by atoms with Crippen molar-refractivity contribution in [2.24, 2.45) is 5.73 Å². The van der Waals surface area contributed by atoms with Gasteiger partial charge < -0.3 is 16.4 Å². The Hall–Kier alpha value is -1.75. The average Bonchev–Trinajstić information content (AvgIpc) is 2.34. The molecule has 0 saturated carbocycles. The fourth-order valence-corrected chi connectivity index (χ4v) is 2.70. The van der Waals surface area contributed by atoms with E-state index in [1.165, 1.54) is 0 Å². The molecular formula is C14H22N4O. The van der Waals surface area contributed by atoms with Crippen molar-refractivity contribution in [3.63, 3.8) is 0 Å². The summed E-state index contributed by atoms with van der Waals surface area (Å²) in [5.74, 6) is -0.272. The van der Waals surface area contributed by atoms with Crippen molar-refractivity contribution in [1.29, 1.82) is 0 Å². The minimum atomic E-state index is -0.272. The molecule has 1 aromatic rings. The summed E-state index contributed by atoms with van der Waals surface area (Å²) in [6.07, 6.45) is 0. The Kier molecular flexibility index (Phi) is 3.95.